The van der Waals surface area contributed by atoms with E-state index in [2.05, 4.69) is 20.8 Å². The molecule has 8 nitrogen and oxygen atoms in total. The molecule has 0 saturated carbocycles. The maximum atomic E-state index is 13.0. The Morgan fingerprint density at radius 1 is 1.26 bits per heavy atom. The van der Waals surface area contributed by atoms with Crippen LogP contribution in [-0.2, 0) is 15.1 Å². The fraction of sp³-hybridized carbons (Fsp3) is 0.353. The van der Waals surface area contributed by atoms with Crippen LogP contribution in [0.2, 0.25) is 0 Å². The molecule has 0 unspecified atom stereocenters. The van der Waals surface area contributed by atoms with Crippen LogP contribution in [0.5, 0.6) is 0 Å². The van der Waals surface area contributed by atoms with Gasteiger partial charge in [0, 0.05) is 0 Å². The van der Waals surface area contributed by atoms with E-state index in [1.165, 1.54) is 23.1 Å². The van der Waals surface area contributed by atoms with Gasteiger partial charge in [0.15, 0.2) is 4.34 Å². The Bertz CT molecular complexity index is 857. The number of hydrogen-bond acceptors (Lipinski definition) is 7. The molecule has 2 aromatic rings. The number of imide groups is 1. The van der Waals surface area contributed by atoms with E-state index in [0.717, 1.165) is 15.0 Å². The molecular formula is C17H19N5O3S2. The first kappa shape index (κ1) is 19.3. The topological polar surface area (TPSA) is 104 Å². The summed E-state index contributed by atoms with van der Waals surface area (Å²) in [7, 11) is 0. The van der Waals surface area contributed by atoms with E-state index in [1.54, 1.807) is 12.1 Å². The number of thioether (sulfide) groups is 1. The van der Waals surface area contributed by atoms with Crippen LogP contribution in [-0.4, -0.2) is 45.2 Å². The average Bonchev–Trinajstić information content (AvgIpc) is 3.20. The van der Waals surface area contributed by atoms with Crippen LogP contribution >= 0.6 is 23.1 Å². The van der Waals surface area contributed by atoms with Crippen molar-refractivity contribution in [2.45, 2.75) is 30.1 Å². The maximum Gasteiger partial charge on any atom is 0.325 e. The molecule has 0 radical (unpaired) electrons. The van der Waals surface area contributed by atoms with Gasteiger partial charge in [0.2, 0.25) is 11.0 Å². The molecule has 4 amide bonds. The van der Waals surface area contributed by atoms with Crippen LogP contribution in [0.15, 0.2) is 34.7 Å². The number of benzene rings is 1. The zero-order chi connectivity index (χ0) is 19.4. The number of nitrogens with zero attached hydrogens (tertiary/aromatic N) is 3. The summed E-state index contributed by atoms with van der Waals surface area (Å²) in [6, 6.07) is 8.46. The number of amides is 4. The molecular weight excluding hydrogens is 386 g/mol. The van der Waals surface area contributed by atoms with Crippen molar-refractivity contribution in [3.8, 4) is 0 Å². The second-order valence-electron chi connectivity index (χ2n) is 5.80. The summed E-state index contributed by atoms with van der Waals surface area (Å²) in [6.07, 6.45) is 0.383. The molecule has 27 heavy (non-hydrogen) atoms. The summed E-state index contributed by atoms with van der Waals surface area (Å²) in [5, 5.41) is 13.5. The van der Waals surface area contributed by atoms with Crippen molar-refractivity contribution in [2.75, 3.05) is 17.6 Å². The summed E-state index contributed by atoms with van der Waals surface area (Å²) in [5.74, 6) is -0.0811. The smallest absolute Gasteiger partial charge is 0.319 e. The number of carbonyl (C=O) groups excluding carboxylic acids is 3. The highest BCUT2D eigenvalue weighted by molar-refractivity contribution is 8.01. The molecule has 142 valence electrons. The van der Waals surface area contributed by atoms with E-state index in [9.17, 15) is 14.4 Å². The number of anilines is 1. The van der Waals surface area contributed by atoms with Crippen molar-refractivity contribution in [1.29, 1.82) is 0 Å². The zero-order valence-electron chi connectivity index (χ0n) is 14.9. The number of urea groups is 1. The standard InChI is InChI=1S/C17H19N5O3S2/c1-3-17(11-8-6-5-7-9-11)13(24)22(15(25)19-17)10-12(23)18-14-20-21-16(27-14)26-4-2/h5-9H,3-4,10H2,1-2H3,(H,19,25)(H,18,20,23)/t17-/m1/s1. The van der Waals surface area contributed by atoms with Gasteiger partial charge in [0.1, 0.15) is 12.1 Å². The Hall–Kier alpha value is -2.46. The van der Waals surface area contributed by atoms with Crippen molar-refractivity contribution < 1.29 is 14.4 Å². The Morgan fingerprint density at radius 2 is 2.00 bits per heavy atom. The number of rotatable bonds is 7. The molecule has 1 aliphatic heterocycles. The minimum absolute atomic E-state index is 0.341. The third-order valence-electron chi connectivity index (χ3n) is 4.19. The van der Waals surface area contributed by atoms with Crippen LogP contribution in [0.1, 0.15) is 25.8 Å². The molecule has 1 fully saturated rings. The lowest BCUT2D eigenvalue weighted by Crippen LogP contribution is -2.44. The molecule has 1 atom stereocenters. The van der Waals surface area contributed by atoms with Crippen molar-refractivity contribution in [3.63, 3.8) is 0 Å². The van der Waals surface area contributed by atoms with Gasteiger partial charge in [0.05, 0.1) is 0 Å². The number of nitrogens with one attached hydrogen (secondary N) is 2. The van der Waals surface area contributed by atoms with Crippen LogP contribution < -0.4 is 10.6 Å². The highest BCUT2D eigenvalue weighted by atomic mass is 32.2. The molecule has 1 saturated heterocycles. The van der Waals surface area contributed by atoms with Gasteiger partial charge < -0.3 is 5.32 Å². The summed E-state index contributed by atoms with van der Waals surface area (Å²) in [6.45, 7) is 3.44. The highest BCUT2D eigenvalue weighted by Gasteiger charge is 2.51. The minimum Gasteiger partial charge on any atom is -0.319 e. The first-order valence-corrected chi connectivity index (χ1v) is 10.3. The number of aromatic nitrogens is 2. The number of carbonyl (C=O) groups is 3. The average molecular weight is 406 g/mol. The first-order valence-electron chi connectivity index (χ1n) is 8.46. The quantitative estimate of drug-likeness (QED) is 0.417. The molecule has 1 aromatic heterocycles. The van der Waals surface area contributed by atoms with Gasteiger partial charge in [-0.15, -0.1) is 10.2 Å². The lowest BCUT2D eigenvalue weighted by Gasteiger charge is -2.25. The molecule has 0 bridgehead atoms. The third kappa shape index (κ3) is 3.81. The summed E-state index contributed by atoms with van der Waals surface area (Å²) < 4.78 is 0.747. The highest BCUT2D eigenvalue weighted by Crippen LogP contribution is 2.32. The second-order valence-corrected chi connectivity index (χ2v) is 8.29. The molecule has 0 spiro atoms. The summed E-state index contributed by atoms with van der Waals surface area (Å²) in [4.78, 5) is 38.6. The van der Waals surface area contributed by atoms with Gasteiger partial charge in [-0.2, -0.15) is 0 Å². The van der Waals surface area contributed by atoms with Crippen molar-refractivity contribution in [2.24, 2.45) is 0 Å². The SMILES string of the molecule is CCSc1nnc(NC(=O)CN2C(=O)N[C@](CC)(c3ccccc3)C2=O)s1. The molecule has 2 heterocycles. The molecule has 2 N–H and O–H groups in total. The maximum absolute atomic E-state index is 13.0. The number of hydrogen-bond donors (Lipinski definition) is 2. The summed E-state index contributed by atoms with van der Waals surface area (Å²) in [5.41, 5.74) is -0.453. The molecule has 1 aromatic carbocycles. The van der Waals surface area contributed by atoms with Gasteiger partial charge in [-0.1, -0.05) is 67.3 Å². The Labute approximate surface area is 164 Å². The van der Waals surface area contributed by atoms with Gasteiger partial charge in [0.25, 0.3) is 5.91 Å². The Balaban J connectivity index is 1.72. The molecule has 3 rings (SSSR count). The predicted molar refractivity (Wildman–Crippen MR) is 104 cm³/mol. The fourth-order valence-corrected chi connectivity index (χ4v) is 4.54. The van der Waals surface area contributed by atoms with E-state index in [4.69, 9.17) is 0 Å². The summed E-state index contributed by atoms with van der Waals surface area (Å²) >= 11 is 2.77. The third-order valence-corrected chi connectivity index (χ3v) is 6.05. The van der Waals surface area contributed by atoms with Gasteiger partial charge in [-0.3, -0.25) is 19.8 Å². The normalized spacial score (nSPS) is 19.3. The second kappa shape index (κ2) is 8.05. The molecule has 10 heteroatoms. The van der Waals surface area contributed by atoms with Gasteiger partial charge in [-0.05, 0) is 17.7 Å². The van der Waals surface area contributed by atoms with Crippen LogP contribution in [0.4, 0.5) is 9.93 Å². The van der Waals surface area contributed by atoms with E-state index in [1.807, 2.05) is 32.0 Å². The first-order chi connectivity index (χ1) is 13.0. The van der Waals surface area contributed by atoms with E-state index in [0.29, 0.717) is 17.1 Å². The monoisotopic (exact) mass is 405 g/mol. The van der Waals surface area contributed by atoms with Gasteiger partial charge in [-0.25, -0.2) is 4.79 Å². The van der Waals surface area contributed by atoms with E-state index in [-0.39, 0.29) is 6.54 Å². The Morgan fingerprint density at radius 3 is 2.67 bits per heavy atom. The largest absolute Gasteiger partial charge is 0.325 e. The van der Waals surface area contributed by atoms with Crippen molar-refractivity contribution in [1.82, 2.24) is 20.4 Å². The molecule has 1 aliphatic rings. The lowest BCUT2D eigenvalue weighted by atomic mass is 9.87. The molecule has 0 aliphatic carbocycles. The van der Waals surface area contributed by atoms with Crippen LogP contribution in [0.3, 0.4) is 0 Å². The van der Waals surface area contributed by atoms with Crippen LogP contribution in [0, 0.1) is 0 Å². The van der Waals surface area contributed by atoms with Crippen molar-refractivity contribution >= 4 is 46.1 Å². The Kier molecular flexibility index (Phi) is 5.76. The van der Waals surface area contributed by atoms with Crippen LogP contribution in [0.25, 0.3) is 0 Å². The van der Waals surface area contributed by atoms with E-state index < -0.39 is 23.4 Å². The van der Waals surface area contributed by atoms with Crippen molar-refractivity contribution in [3.05, 3.63) is 35.9 Å². The predicted octanol–water partition coefficient (Wildman–Crippen LogP) is 2.45. The fourth-order valence-electron chi connectivity index (χ4n) is 2.88. The van der Waals surface area contributed by atoms with E-state index >= 15 is 0 Å². The van der Waals surface area contributed by atoms with Gasteiger partial charge >= 0.3 is 6.03 Å². The lowest BCUT2D eigenvalue weighted by molar-refractivity contribution is -0.134. The zero-order valence-corrected chi connectivity index (χ0v) is 16.5. The minimum atomic E-state index is -1.15.